The number of nitrogens with zero attached hydrogens (tertiary/aromatic N) is 3. The second-order valence-electron chi connectivity index (χ2n) is 17.2. The van der Waals surface area contributed by atoms with E-state index in [0.717, 1.165) is 0 Å². The van der Waals surface area contributed by atoms with E-state index in [-0.39, 0.29) is 78.1 Å². The molecule has 8 atom stereocenters. The zero-order valence-electron chi connectivity index (χ0n) is 36.6. The first-order valence-electron chi connectivity index (χ1n) is 21.2. The minimum atomic E-state index is -2.01. The van der Waals surface area contributed by atoms with Crippen LogP contribution in [-0.4, -0.2) is 119 Å². The first-order valence-corrected chi connectivity index (χ1v) is 21.2. The molecule has 66 heavy (non-hydrogen) atoms. The number of benzene rings is 2. The molecule has 352 valence electrons. The van der Waals surface area contributed by atoms with Gasteiger partial charge in [-0.2, -0.15) is 0 Å². The van der Waals surface area contributed by atoms with Gasteiger partial charge in [-0.05, 0) is 54.3 Å². The topological polar surface area (TPSA) is 320 Å². The molecule has 21 heteroatoms. The fourth-order valence-corrected chi connectivity index (χ4v) is 8.11. The number of cyclic esters (lactones) is 1. The van der Waals surface area contributed by atoms with Gasteiger partial charge in [0.15, 0.2) is 17.5 Å². The number of hydrogen-bond acceptors (Lipinski definition) is 17. The highest BCUT2D eigenvalue weighted by atomic mass is 16.7. The summed E-state index contributed by atoms with van der Waals surface area (Å²) in [5.74, 6) is -4.88. The zero-order valence-corrected chi connectivity index (χ0v) is 36.6. The molecule has 1 fully saturated rings. The first-order chi connectivity index (χ1) is 31.1. The van der Waals surface area contributed by atoms with Gasteiger partial charge in [0.05, 0.1) is 47.3 Å². The maximum atomic E-state index is 13.7. The van der Waals surface area contributed by atoms with Crippen molar-refractivity contribution in [2.75, 3.05) is 12.4 Å². The summed E-state index contributed by atoms with van der Waals surface area (Å²) >= 11 is 0. The number of aromatic nitrogens is 2. The van der Waals surface area contributed by atoms with Gasteiger partial charge < -0.3 is 70.1 Å². The van der Waals surface area contributed by atoms with Crippen molar-refractivity contribution in [1.29, 1.82) is 0 Å². The highest BCUT2D eigenvalue weighted by Crippen LogP contribution is 2.40. The molecule has 21 nitrogen and oxygen atoms in total. The number of rotatable bonds is 14. The van der Waals surface area contributed by atoms with Gasteiger partial charge in [-0.3, -0.25) is 14.4 Å². The van der Waals surface area contributed by atoms with Crippen LogP contribution in [0.1, 0.15) is 68.4 Å². The molecule has 2 aromatic carbocycles. The molecule has 1 saturated heterocycles. The lowest BCUT2D eigenvalue weighted by atomic mass is 9.86. The molecule has 0 unspecified atom stereocenters. The fourth-order valence-electron chi connectivity index (χ4n) is 8.11. The van der Waals surface area contributed by atoms with Crippen LogP contribution in [0.15, 0.2) is 47.3 Å². The monoisotopic (exact) mass is 917 g/mol. The van der Waals surface area contributed by atoms with Gasteiger partial charge in [-0.1, -0.05) is 33.8 Å². The molecule has 9 N–H and O–H groups in total. The number of phenols is 1. The number of aromatic hydroxyl groups is 1. The number of Topliss-reactive ketones (excluding diaryl/α,β-unsaturated/α-hetero) is 1. The van der Waals surface area contributed by atoms with Crippen LogP contribution in [-0.2, 0) is 65.3 Å². The van der Waals surface area contributed by atoms with Crippen LogP contribution >= 0.6 is 0 Å². The summed E-state index contributed by atoms with van der Waals surface area (Å²) < 4.78 is 23.3. The maximum Gasteiger partial charge on any atom is 0.410 e. The molecule has 0 bridgehead atoms. The number of fused-ring (bicyclic) bond motifs is 5. The largest absolute Gasteiger partial charge is 0.508 e. The van der Waals surface area contributed by atoms with E-state index in [1.54, 1.807) is 39.0 Å². The Labute approximate surface area is 376 Å². The van der Waals surface area contributed by atoms with Gasteiger partial charge in [0.2, 0.25) is 12.2 Å². The lowest BCUT2D eigenvalue weighted by molar-refractivity contribution is -0.271. The summed E-state index contributed by atoms with van der Waals surface area (Å²) in [6.07, 6.45) is -10.9. The average Bonchev–Trinajstić information content (AvgIpc) is 3.65. The Morgan fingerprint density at radius 2 is 1.77 bits per heavy atom. The van der Waals surface area contributed by atoms with Crippen molar-refractivity contribution in [1.82, 2.24) is 14.5 Å². The van der Waals surface area contributed by atoms with Crippen molar-refractivity contribution >= 4 is 46.3 Å². The summed E-state index contributed by atoms with van der Waals surface area (Å²) in [5.41, 5.74) is 6.25. The van der Waals surface area contributed by atoms with Crippen molar-refractivity contribution in [2.45, 2.75) is 109 Å². The van der Waals surface area contributed by atoms with Gasteiger partial charge in [0, 0.05) is 41.5 Å². The molecule has 7 rings (SSSR count). The molecular weight excluding hydrogens is 867 g/mol. The molecule has 3 aliphatic rings. The highest BCUT2D eigenvalue weighted by molar-refractivity contribution is 5.97. The summed E-state index contributed by atoms with van der Waals surface area (Å²) in [6, 6.07) is 9.65. The Morgan fingerprint density at radius 1 is 1.05 bits per heavy atom. The lowest BCUT2D eigenvalue weighted by Gasteiger charge is -2.38. The van der Waals surface area contributed by atoms with Crippen LogP contribution in [0.2, 0.25) is 0 Å². The number of hydrogen-bond donors (Lipinski definition) is 8. The number of aliphatic carboxylic acids is 1. The molecule has 4 aromatic rings. The van der Waals surface area contributed by atoms with Crippen molar-refractivity contribution in [3.8, 4) is 22.9 Å². The Kier molecular flexibility index (Phi) is 13.2. The van der Waals surface area contributed by atoms with Gasteiger partial charge >= 0.3 is 18.0 Å². The van der Waals surface area contributed by atoms with Gasteiger partial charge in [0.1, 0.15) is 43.0 Å². The third-order valence-electron chi connectivity index (χ3n) is 12.3. The molecular formula is C45H51N5O16. The molecule has 0 aliphatic carbocycles. The molecule has 2 aromatic heterocycles. The molecule has 0 radical (unpaired) electrons. The fraction of sp³-hybridized carbons (Fsp3) is 0.444. The van der Waals surface area contributed by atoms with E-state index < -0.39 is 84.4 Å². The molecule has 5 heterocycles. The Morgan fingerprint density at radius 3 is 2.45 bits per heavy atom. The minimum absolute atomic E-state index is 0.0189. The molecule has 0 saturated carbocycles. The van der Waals surface area contributed by atoms with Crippen LogP contribution in [0.3, 0.4) is 0 Å². The number of phenolic OH excluding ortho intramolecular Hbond substituents is 1. The summed E-state index contributed by atoms with van der Waals surface area (Å²) in [7, 11) is 1.42. The van der Waals surface area contributed by atoms with Gasteiger partial charge in [0.25, 0.3) is 5.56 Å². The molecule has 0 spiro atoms. The average molecular weight is 918 g/mol. The van der Waals surface area contributed by atoms with Crippen molar-refractivity contribution in [3.05, 3.63) is 80.6 Å². The summed E-state index contributed by atoms with van der Waals surface area (Å²) in [6.45, 7) is 5.89. The van der Waals surface area contributed by atoms with Crippen LogP contribution in [0, 0.1) is 11.8 Å². The smallest absolute Gasteiger partial charge is 0.410 e. The number of ether oxygens (including phenoxy) is 4. The van der Waals surface area contributed by atoms with Crippen molar-refractivity contribution in [3.63, 3.8) is 0 Å². The van der Waals surface area contributed by atoms with Gasteiger partial charge in [-0.25, -0.2) is 19.4 Å². The highest BCUT2D eigenvalue weighted by Gasteiger charge is 2.49. The van der Waals surface area contributed by atoms with E-state index in [9.17, 15) is 59.4 Å². The number of ketones is 1. The maximum absolute atomic E-state index is 13.7. The SMILES string of the molecule is CC[C@@]1(O)C(=O)OCc2c1cc1n(c2=O)Cc2cc3c(CN(C)C(=O)OCc4ccc(NC(=O)[C@H](C)CC(=O)[C@@H](N)C(C)C)c(O[C@@H]5O[C@H](C(=O)O)[C@@H](O)[C@H](O)[C@H]5O)c4)c(O)ccc3nc2-1. The number of pyridine rings is 2. The number of amides is 2. The third kappa shape index (κ3) is 8.79. The van der Waals surface area contributed by atoms with E-state index in [0.29, 0.717) is 33.4 Å². The standard InChI is InChI=1S/C45H51N5O16/c1-6-45(62)26-14-29-34-22(15-50(29)40(57)25(26)18-63-43(45)60)13-23-24(30(51)10-9-27(23)47-34)16-49(5)44(61)64-17-21-7-8-28(48-39(56)20(4)11-31(52)33(46)19(2)3)32(12-21)65-42-37(55)35(53)36(54)38(66-42)41(58)59/h7-10,12-14,19-20,33,35-38,42,51,53-55,62H,6,11,15-18,46H2,1-5H3,(H,48,56)(H,58,59)/t20-,33+,35+,36+,37-,38+,42-,45+/m1/s1. The van der Waals surface area contributed by atoms with Crippen molar-refractivity contribution in [2.24, 2.45) is 17.6 Å². The predicted molar refractivity (Wildman–Crippen MR) is 229 cm³/mol. The lowest BCUT2D eigenvalue weighted by Crippen LogP contribution is -2.61. The normalized spacial score (nSPS) is 23.0. The van der Waals surface area contributed by atoms with Crippen LogP contribution in [0.5, 0.6) is 11.5 Å². The van der Waals surface area contributed by atoms with Crippen LogP contribution in [0.4, 0.5) is 10.5 Å². The first kappa shape index (κ1) is 47.5. The van der Waals surface area contributed by atoms with E-state index in [1.807, 2.05) is 0 Å². The molecule has 3 aliphatic heterocycles. The zero-order chi connectivity index (χ0) is 48.1. The number of aliphatic hydroxyl groups excluding tert-OH is 3. The number of nitrogens with one attached hydrogen (secondary N) is 1. The number of carboxylic acid groups (broad SMARTS) is 1. The number of carboxylic acids is 1. The Bertz CT molecular complexity index is 2690. The predicted octanol–water partition coefficient (Wildman–Crippen LogP) is 1.34. The molecule has 2 amide bonds. The second kappa shape index (κ2) is 18.4. The van der Waals surface area contributed by atoms with E-state index in [1.165, 1.54) is 47.7 Å². The van der Waals surface area contributed by atoms with Gasteiger partial charge in [-0.15, -0.1) is 0 Å². The Balaban J connectivity index is 1.10. The number of nitrogens with two attached hydrogens (primary N) is 1. The second-order valence-corrected chi connectivity index (χ2v) is 17.2. The van der Waals surface area contributed by atoms with Crippen LogP contribution < -0.4 is 21.3 Å². The number of carbonyl (C=O) groups is 5. The summed E-state index contributed by atoms with van der Waals surface area (Å²) in [4.78, 5) is 83.5. The summed E-state index contributed by atoms with van der Waals surface area (Å²) in [5, 5.41) is 66.2. The number of aliphatic hydroxyl groups is 4. The minimum Gasteiger partial charge on any atom is -0.508 e. The Hall–Kier alpha value is -6.49. The quantitative estimate of drug-likeness (QED) is 0.0729. The van der Waals surface area contributed by atoms with Crippen LogP contribution in [0.25, 0.3) is 22.3 Å². The van der Waals surface area contributed by atoms with E-state index in [4.69, 9.17) is 29.7 Å². The van der Waals surface area contributed by atoms with E-state index in [2.05, 4.69) is 5.32 Å². The third-order valence-corrected chi connectivity index (χ3v) is 12.3. The van der Waals surface area contributed by atoms with Crippen molar-refractivity contribution < 1.29 is 73.6 Å². The number of esters is 1. The number of anilines is 1. The van der Waals surface area contributed by atoms with E-state index >= 15 is 0 Å². The number of carbonyl (C=O) groups excluding carboxylic acids is 4.